The molecule has 150 valence electrons. The zero-order valence-electron chi connectivity index (χ0n) is 15.6. The highest BCUT2D eigenvalue weighted by Crippen LogP contribution is 2.29. The number of para-hydroxylation sites is 1. The van der Waals surface area contributed by atoms with Gasteiger partial charge in [-0.1, -0.05) is 48.5 Å². The van der Waals surface area contributed by atoms with Gasteiger partial charge in [0.1, 0.15) is 5.82 Å². The highest BCUT2D eigenvalue weighted by atomic mass is 19.4. The summed E-state index contributed by atoms with van der Waals surface area (Å²) in [7, 11) is 0. The van der Waals surface area contributed by atoms with Crippen LogP contribution in [0.2, 0.25) is 0 Å². The summed E-state index contributed by atoms with van der Waals surface area (Å²) in [6.07, 6.45) is -4.45. The van der Waals surface area contributed by atoms with Gasteiger partial charge < -0.3 is 5.32 Å². The molecule has 30 heavy (non-hydrogen) atoms. The monoisotopic (exact) mass is 407 g/mol. The molecule has 4 rings (SSSR count). The second-order valence-electron chi connectivity index (χ2n) is 6.56. The van der Waals surface area contributed by atoms with E-state index in [0.29, 0.717) is 11.5 Å². The van der Waals surface area contributed by atoms with Gasteiger partial charge in [-0.05, 0) is 36.4 Å². The largest absolute Gasteiger partial charge is 0.416 e. The summed E-state index contributed by atoms with van der Waals surface area (Å²) in [6.45, 7) is 0. The number of amides is 1. The average molecular weight is 407 g/mol. The molecule has 3 aromatic carbocycles. The number of nitrogens with zero attached hydrogens (tertiary/aromatic N) is 2. The van der Waals surface area contributed by atoms with Crippen LogP contribution < -0.4 is 5.32 Å². The number of hydrogen-bond donors (Lipinski definition) is 1. The lowest BCUT2D eigenvalue weighted by Crippen LogP contribution is -2.15. The molecule has 0 spiro atoms. The zero-order chi connectivity index (χ0) is 21.1. The number of rotatable bonds is 4. The van der Waals surface area contributed by atoms with Crippen LogP contribution in [0, 0.1) is 0 Å². The van der Waals surface area contributed by atoms with Crippen molar-refractivity contribution in [3.63, 3.8) is 0 Å². The average Bonchev–Trinajstić information content (AvgIpc) is 3.18. The van der Waals surface area contributed by atoms with E-state index in [-0.39, 0.29) is 5.56 Å². The molecule has 0 saturated carbocycles. The van der Waals surface area contributed by atoms with Crippen molar-refractivity contribution < 1.29 is 18.0 Å². The van der Waals surface area contributed by atoms with Gasteiger partial charge in [0, 0.05) is 17.2 Å². The number of alkyl halides is 3. The van der Waals surface area contributed by atoms with Gasteiger partial charge in [0.25, 0.3) is 5.91 Å². The predicted molar refractivity (Wildman–Crippen MR) is 108 cm³/mol. The molecule has 1 aromatic heterocycles. The molecular weight excluding hydrogens is 391 g/mol. The minimum Gasteiger partial charge on any atom is -0.306 e. The van der Waals surface area contributed by atoms with Gasteiger partial charge in [-0.3, -0.25) is 4.79 Å². The smallest absolute Gasteiger partial charge is 0.306 e. The van der Waals surface area contributed by atoms with E-state index in [1.54, 1.807) is 10.7 Å². The third-order valence-electron chi connectivity index (χ3n) is 4.50. The lowest BCUT2D eigenvalue weighted by Gasteiger charge is -2.10. The number of carbonyl (C=O) groups is 1. The van der Waals surface area contributed by atoms with E-state index in [9.17, 15) is 18.0 Å². The minimum atomic E-state index is -4.45. The highest BCUT2D eigenvalue weighted by Gasteiger charge is 2.30. The standard InChI is InChI=1S/C23H16F3N3O/c24-23(25,26)18-13-11-17(12-14-18)22(30)27-21-15-20(16-7-3-1-4-8-16)28-29(21)19-9-5-2-6-10-19/h1-15H,(H,27,30). The molecule has 0 saturated heterocycles. The SMILES string of the molecule is O=C(Nc1cc(-c2ccccc2)nn1-c1ccccc1)c1ccc(C(F)(F)F)cc1. The number of hydrogen-bond acceptors (Lipinski definition) is 2. The molecule has 0 unspecified atom stereocenters. The fraction of sp³-hybridized carbons (Fsp3) is 0.0435. The summed E-state index contributed by atoms with van der Waals surface area (Å²) < 4.78 is 39.9. The van der Waals surface area contributed by atoms with Crippen LogP contribution in [0.3, 0.4) is 0 Å². The number of carbonyl (C=O) groups excluding carboxylic acids is 1. The van der Waals surface area contributed by atoms with Crippen molar-refractivity contribution >= 4 is 11.7 Å². The fourth-order valence-electron chi connectivity index (χ4n) is 2.99. The zero-order valence-corrected chi connectivity index (χ0v) is 15.6. The van der Waals surface area contributed by atoms with Crippen LogP contribution in [-0.2, 0) is 6.18 Å². The van der Waals surface area contributed by atoms with E-state index < -0.39 is 17.6 Å². The normalized spacial score (nSPS) is 11.3. The molecule has 1 amide bonds. The predicted octanol–water partition coefficient (Wildman–Crippen LogP) is 5.81. The Morgan fingerprint density at radius 3 is 2.03 bits per heavy atom. The third kappa shape index (κ3) is 4.10. The first-order chi connectivity index (χ1) is 14.4. The Balaban J connectivity index is 1.67. The first kappa shape index (κ1) is 19.4. The molecule has 4 nitrogen and oxygen atoms in total. The Bertz CT molecular complexity index is 1150. The summed E-state index contributed by atoms with van der Waals surface area (Å²) in [4.78, 5) is 12.7. The maximum atomic E-state index is 12.8. The quantitative estimate of drug-likeness (QED) is 0.464. The second kappa shape index (κ2) is 7.87. The topological polar surface area (TPSA) is 46.9 Å². The first-order valence-electron chi connectivity index (χ1n) is 9.11. The highest BCUT2D eigenvalue weighted by molar-refractivity contribution is 6.04. The number of halogens is 3. The van der Waals surface area contributed by atoms with Crippen LogP contribution in [0.15, 0.2) is 91.0 Å². The molecule has 0 aliphatic rings. The number of benzene rings is 3. The molecule has 1 N–H and O–H groups in total. The Morgan fingerprint density at radius 2 is 1.43 bits per heavy atom. The van der Waals surface area contributed by atoms with Crippen molar-refractivity contribution in [2.75, 3.05) is 5.32 Å². The van der Waals surface area contributed by atoms with Gasteiger partial charge in [0.15, 0.2) is 0 Å². The fourth-order valence-corrected chi connectivity index (χ4v) is 2.99. The van der Waals surface area contributed by atoms with Crippen LogP contribution in [0.1, 0.15) is 15.9 Å². The molecule has 0 fully saturated rings. The Morgan fingerprint density at radius 1 is 0.833 bits per heavy atom. The van der Waals surface area contributed by atoms with Gasteiger partial charge in [0.05, 0.1) is 16.9 Å². The summed E-state index contributed by atoms with van der Waals surface area (Å²) in [6, 6.07) is 24.5. The number of nitrogens with one attached hydrogen (secondary N) is 1. The molecule has 0 aliphatic heterocycles. The van der Waals surface area contributed by atoms with E-state index >= 15 is 0 Å². The maximum absolute atomic E-state index is 12.8. The molecule has 0 radical (unpaired) electrons. The van der Waals surface area contributed by atoms with Crippen molar-refractivity contribution in [1.82, 2.24) is 9.78 Å². The van der Waals surface area contributed by atoms with E-state index in [4.69, 9.17) is 0 Å². The Labute approximate surface area is 170 Å². The summed E-state index contributed by atoms with van der Waals surface area (Å²) in [5.74, 6) is -0.120. The second-order valence-corrected chi connectivity index (χ2v) is 6.56. The van der Waals surface area contributed by atoms with Gasteiger partial charge in [-0.2, -0.15) is 18.3 Å². The van der Waals surface area contributed by atoms with Gasteiger partial charge in [0.2, 0.25) is 0 Å². The number of aromatic nitrogens is 2. The molecule has 0 bridgehead atoms. The van der Waals surface area contributed by atoms with E-state index in [0.717, 1.165) is 35.5 Å². The van der Waals surface area contributed by atoms with Gasteiger partial charge in [-0.25, -0.2) is 4.68 Å². The minimum absolute atomic E-state index is 0.116. The lowest BCUT2D eigenvalue weighted by atomic mass is 10.1. The van der Waals surface area contributed by atoms with Crippen LogP contribution in [-0.4, -0.2) is 15.7 Å². The van der Waals surface area contributed by atoms with Crippen LogP contribution in [0.5, 0.6) is 0 Å². The summed E-state index contributed by atoms with van der Waals surface area (Å²) in [5, 5.41) is 7.35. The van der Waals surface area contributed by atoms with Crippen molar-refractivity contribution in [1.29, 1.82) is 0 Å². The van der Waals surface area contributed by atoms with Crippen LogP contribution in [0.4, 0.5) is 19.0 Å². The molecule has 4 aromatic rings. The third-order valence-corrected chi connectivity index (χ3v) is 4.50. The molecule has 7 heteroatoms. The van der Waals surface area contributed by atoms with Crippen molar-refractivity contribution in [3.8, 4) is 16.9 Å². The maximum Gasteiger partial charge on any atom is 0.416 e. The van der Waals surface area contributed by atoms with Gasteiger partial charge in [-0.15, -0.1) is 0 Å². The van der Waals surface area contributed by atoms with E-state index in [2.05, 4.69) is 10.4 Å². The first-order valence-corrected chi connectivity index (χ1v) is 9.11. The molecule has 0 atom stereocenters. The molecular formula is C23H16F3N3O. The Hall–Kier alpha value is -3.87. The Kier molecular flexibility index (Phi) is 5.10. The van der Waals surface area contributed by atoms with Gasteiger partial charge >= 0.3 is 6.18 Å². The summed E-state index contributed by atoms with van der Waals surface area (Å²) >= 11 is 0. The van der Waals surface area contributed by atoms with E-state index in [1.807, 2.05) is 60.7 Å². The van der Waals surface area contributed by atoms with Crippen LogP contribution >= 0.6 is 0 Å². The summed E-state index contributed by atoms with van der Waals surface area (Å²) in [5.41, 5.74) is 1.58. The van der Waals surface area contributed by atoms with Crippen molar-refractivity contribution in [2.45, 2.75) is 6.18 Å². The van der Waals surface area contributed by atoms with Crippen molar-refractivity contribution in [3.05, 3.63) is 102 Å². The lowest BCUT2D eigenvalue weighted by molar-refractivity contribution is -0.137. The van der Waals surface area contributed by atoms with Crippen LogP contribution in [0.25, 0.3) is 16.9 Å². The molecule has 0 aliphatic carbocycles. The number of anilines is 1. The van der Waals surface area contributed by atoms with E-state index in [1.165, 1.54) is 0 Å². The van der Waals surface area contributed by atoms with Crippen molar-refractivity contribution in [2.24, 2.45) is 0 Å². The molecule has 1 heterocycles.